The third-order valence-corrected chi connectivity index (χ3v) is 4.82. The van der Waals surface area contributed by atoms with Gasteiger partial charge in [0.25, 0.3) is 5.91 Å². The lowest BCUT2D eigenvalue weighted by molar-refractivity contribution is -0.121. The Kier molecular flexibility index (Phi) is 4.50. The van der Waals surface area contributed by atoms with Crippen LogP contribution in [0.5, 0.6) is 5.75 Å². The Morgan fingerprint density at radius 3 is 2.79 bits per heavy atom. The number of hydrogen-bond donors (Lipinski definition) is 0. The van der Waals surface area contributed by atoms with E-state index in [1.165, 1.54) is 5.56 Å². The van der Waals surface area contributed by atoms with Crippen molar-refractivity contribution in [2.24, 2.45) is 5.92 Å². The summed E-state index contributed by atoms with van der Waals surface area (Å²) in [5, 5.41) is 0. The van der Waals surface area contributed by atoms with Crippen molar-refractivity contribution >= 4 is 27.5 Å². The third kappa shape index (κ3) is 3.11. The molecule has 3 nitrogen and oxygen atoms in total. The van der Waals surface area contributed by atoms with Gasteiger partial charge in [-0.2, -0.15) is 0 Å². The summed E-state index contributed by atoms with van der Waals surface area (Å²) in [6.07, 6.45) is 0.955. The van der Waals surface area contributed by atoms with Gasteiger partial charge in [0, 0.05) is 11.4 Å². The number of nitrogens with zero attached hydrogens (tertiary/aromatic N) is 1. The number of halogens is 1. The molecule has 1 aromatic rings. The molecule has 1 aromatic carbocycles. The maximum atomic E-state index is 11.8. The van der Waals surface area contributed by atoms with E-state index in [1.54, 1.807) is 4.90 Å². The number of alkyl halides is 1. The SMILES string of the molecule is CCN1C(=O)COc2ccc(CC(Br)C(C)C)cc21. The fraction of sp³-hybridized carbons (Fsp3) is 0.533. The van der Waals surface area contributed by atoms with Crippen LogP contribution in [0.1, 0.15) is 26.3 Å². The van der Waals surface area contributed by atoms with E-state index in [4.69, 9.17) is 4.74 Å². The van der Waals surface area contributed by atoms with E-state index in [-0.39, 0.29) is 12.5 Å². The van der Waals surface area contributed by atoms with E-state index in [0.717, 1.165) is 17.9 Å². The zero-order chi connectivity index (χ0) is 14.0. The summed E-state index contributed by atoms with van der Waals surface area (Å²) in [6, 6.07) is 6.13. The Bertz CT molecular complexity index is 473. The summed E-state index contributed by atoms with van der Waals surface area (Å²) in [5.41, 5.74) is 2.13. The van der Waals surface area contributed by atoms with Crippen LogP contribution in [0.4, 0.5) is 5.69 Å². The monoisotopic (exact) mass is 325 g/mol. The maximum Gasteiger partial charge on any atom is 0.265 e. The molecule has 1 amide bonds. The van der Waals surface area contributed by atoms with Crippen molar-refractivity contribution in [3.8, 4) is 5.75 Å². The lowest BCUT2D eigenvalue weighted by Gasteiger charge is -2.29. The molecule has 0 saturated carbocycles. The quantitative estimate of drug-likeness (QED) is 0.794. The molecule has 0 N–H and O–H groups in total. The average Bonchev–Trinajstić information content (AvgIpc) is 2.38. The Hall–Kier alpha value is -1.03. The van der Waals surface area contributed by atoms with Crippen LogP contribution in [-0.2, 0) is 11.2 Å². The first-order chi connectivity index (χ1) is 9.02. The Labute approximate surface area is 123 Å². The molecule has 1 heterocycles. The first-order valence-electron chi connectivity index (χ1n) is 6.73. The second-order valence-electron chi connectivity index (χ2n) is 5.19. The number of anilines is 1. The summed E-state index contributed by atoms with van der Waals surface area (Å²) >= 11 is 3.71. The zero-order valence-electron chi connectivity index (χ0n) is 11.6. The Balaban J connectivity index is 2.26. The molecule has 2 rings (SSSR count). The number of fused-ring (bicyclic) bond motifs is 1. The number of hydrogen-bond acceptors (Lipinski definition) is 2. The molecule has 0 radical (unpaired) electrons. The van der Waals surface area contributed by atoms with Crippen molar-refractivity contribution < 1.29 is 9.53 Å². The van der Waals surface area contributed by atoms with Crippen LogP contribution >= 0.6 is 15.9 Å². The van der Waals surface area contributed by atoms with Crippen molar-refractivity contribution in [3.63, 3.8) is 0 Å². The lowest BCUT2D eigenvalue weighted by atomic mass is 10.0. The second kappa shape index (κ2) is 5.95. The van der Waals surface area contributed by atoms with Gasteiger partial charge in [-0.15, -0.1) is 0 Å². The molecule has 1 aliphatic rings. The molecule has 0 fully saturated rings. The number of amides is 1. The largest absolute Gasteiger partial charge is 0.482 e. The van der Waals surface area contributed by atoms with Crippen molar-refractivity contribution in [1.29, 1.82) is 0 Å². The van der Waals surface area contributed by atoms with E-state index in [1.807, 2.05) is 13.0 Å². The van der Waals surface area contributed by atoms with E-state index >= 15 is 0 Å². The summed E-state index contributed by atoms with van der Waals surface area (Å²) in [4.78, 5) is 14.1. The highest BCUT2D eigenvalue weighted by molar-refractivity contribution is 9.09. The Morgan fingerprint density at radius 1 is 1.42 bits per heavy atom. The van der Waals surface area contributed by atoms with E-state index < -0.39 is 0 Å². The van der Waals surface area contributed by atoms with Gasteiger partial charge in [0.1, 0.15) is 5.75 Å². The van der Waals surface area contributed by atoms with Gasteiger partial charge in [0.2, 0.25) is 0 Å². The van der Waals surface area contributed by atoms with Crippen molar-refractivity contribution in [1.82, 2.24) is 0 Å². The van der Waals surface area contributed by atoms with Crippen LogP contribution in [0.2, 0.25) is 0 Å². The molecular weight excluding hydrogens is 306 g/mol. The molecule has 1 atom stereocenters. The highest BCUT2D eigenvalue weighted by Crippen LogP contribution is 2.33. The van der Waals surface area contributed by atoms with Crippen LogP contribution in [-0.4, -0.2) is 23.9 Å². The van der Waals surface area contributed by atoms with Crippen LogP contribution < -0.4 is 9.64 Å². The van der Waals surface area contributed by atoms with E-state index in [9.17, 15) is 4.79 Å². The molecule has 0 spiro atoms. The Morgan fingerprint density at radius 2 is 2.16 bits per heavy atom. The molecule has 0 aromatic heterocycles. The van der Waals surface area contributed by atoms with Crippen molar-refractivity contribution in [3.05, 3.63) is 23.8 Å². The topological polar surface area (TPSA) is 29.5 Å². The maximum absolute atomic E-state index is 11.8. The van der Waals surface area contributed by atoms with Gasteiger partial charge in [-0.1, -0.05) is 35.8 Å². The van der Waals surface area contributed by atoms with E-state index in [0.29, 0.717) is 17.3 Å². The number of ether oxygens (including phenoxy) is 1. The molecule has 0 bridgehead atoms. The number of carbonyl (C=O) groups is 1. The predicted molar refractivity (Wildman–Crippen MR) is 81.2 cm³/mol. The van der Waals surface area contributed by atoms with Crippen molar-refractivity contribution in [2.45, 2.75) is 32.0 Å². The van der Waals surface area contributed by atoms with Gasteiger partial charge in [-0.25, -0.2) is 0 Å². The summed E-state index contributed by atoms with van der Waals surface area (Å²) in [7, 11) is 0. The first-order valence-corrected chi connectivity index (χ1v) is 7.64. The standard InChI is InChI=1S/C15H20BrNO2/c1-4-17-13-8-11(7-12(16)10(2)3)5-6-14(13)19-9-15(17)18/h5-6,8,10,12H,4,7,9H2,1-3H3. The number of likely N-dealkylation sites (N-methyl/N-ethyl adjacent to an activating group) is 1. The fourth-order valence-corrected chi connectivity index (χ4v) is 2.56. The normalized spacial score (nSPS) is 16.3. The lowest BCUT2D eigenvalue weighted by Crippen LogP contribution is -2.38. The molecule has 0 saturated heterocycles. The minimum absolute atomic E-state index is 0.0337. The number of carbonyl (C=O) groups excluding carboxylic acids is 1. The van der Waals surface area contributed by atoms with Gasteiger partial charge in [0.15, 0.2) is 6.61 Å². The van der Waals surface area contributed by atoms with Gasteiger partial charge >= 0.3 is 0 Å². The number of benzene rings is 1. The fourth-order valence-electron chi connectivity index (χ4n) is 2.18. The highest BCUT2D eigenvalue weighted by atomic mass is 79.9. The summed E-state index contributed by atoms with van der Waals surface area (Å²) < 4.78 is 5.47. The second-order valence-corrected chi connectivity index (χ2v) is 6.37. The minimum atomic E-state index is 0.0337. The molecular formula is C15H20BrNO2. The van der Waals surface area contributed by atoms with E-state index in [2.05, 4.69) is 41.9 Å². The highest BCUT2D eigenvalue weighted by Gasteiger charge is 2.24. The van der Waals surface area contributed by atoms with Crippen LogP contribution in [0.15, 0.2) is 18.2 Å². The average molecular weight is 326 g/mol. The van der Waals surface area contributed by atoms with Crippen LogP contribution in [0.3, 0.4) is 0 Å². The summed E-state index contributed by atoms with van der Waals surface area (Å²) in [5.74, 6) is 1.42. The van der Waals surface area contributed by atoms with Crippen LogP contribution in [0, 0.1) is 5.92 Å². The van der Waals surface area contributed by atoms with Crippen LogP contribution in [0.25, 0.3) is 0 Å². The molecule has 1 unspecified atom stereocenters. The van der Waals surface area contributed by atoms with Gasteiger partial charge in [-0.3, -0.25) is 4.79 Å². The minimum Gasteiger partial charge on any atom is -0.482 e. The molecule has 19 heavy (non-hydrogen) atoms. The zero-order valence-corrected chi connectivity index (χ0v) is 13.2. The van der Waals surface area contributed by atoms with Crippen molar-refractivity contribution in [2.75, 3.05) is 18.1 Å². The molecule has 4 heteroatoms. The number of rotatable bonds is 4. The van der Waals surface area contributed by atoms with Gasteiger partial charge in [0.05, 0.1) is 5.69 Å². The molecule has 104 valence electrons. The molecule has 0 aliphatic carbocycles. The third-order valence-electron chi connectivity index (χ3n) is 3.44. The molecule has 1 aliphatic heterocycles. The predicted octanol–water partition coefficient (Wildman–Crippen LogP) is 3.39. The van der Waals surface area contributed by atoms with Gasteiger partial charge in [-0.05, 0) is 37.0 Å². The van der Waals surface area contributed by atoms with Gasteiger partial charge < -0.3 is 9.64 Å². The smallest absolute Gasteiger partial charge is 0.265 e. The first kappa shape index (κ1) is 14.4. The summed E-state index contributed by atoms with van der Waals surface area (Å²) in [6.45, 7) is 7.21.